The van der Waals surface area contributed by atoms with Crippen LogP contribution in [0.1, 0.15) is 12.0 Å². The summed E-state index contributed by atoms with van der Waals surface area (Å²) < 4.78 is 0. The van der Waals surface area contributed by atoms with Gasteiger partial charge in [-0.3, -0.25) is 0 Å². The number of hydrogen-bond donors (Lipinski definition) is 2. The molecule has 106 valence electrons. The number of anilines is 2. The van der Waals surface area contributed by atoms with Crippen molar-refractivity contribution >= 4 is 11.6 Å². The first-order valence-electron chi connectivity index (χ1n) is 6.79. The number of rotatable bonds is 7. The number of nitrogen functional groups attached to an aromatic ring is 1. The van der Waals surface area contributed by atoms with Crippen LogP contribution in [0.4, 0.5) is 11.6 Å². The van der Waals surface area contributed by atoms with Crippen molar-refractivity contribution < 1.29 is 0 Å². The van der Waals surface area contributed by atoms with E-state index in [1.54, 1.807) is 6.07 Å². The van der Waals surface area contributed by atoms with Gasteiger partial charge in [0.15, 0.2) is 0 Å². The van der Waals surface area contributed by atoms with Crippen molar-refractivity contribution in [3.8, 4) is 0 Å². The van der Waals surface area contributed by atoms with E-state index in [1.807, 2.05) is 12.1 Å². The summed E-state index contributed by atoms with van der Waals surface area (Å²) in [6.07, 6.45) is 1.05. The summed E-state index contributed by atoms with van der Waals surface area (Å²) >= 11 is 0. The molecular weight excluding hydrogens is 250 g/mol. The average molecular weight is 271 g/mol. The fourth-order valence-electron chi connectivity index (χ4n) is 1.98. The Kier molecular flexibility index (Phi) is 5.32. The minimum atomic E-state index is 0.443. The molecule has 0 aliphatic rings. The molecule has 0 saturated heterocycles. The van der Waals surface area contributed by atoms with Gasteiger partial charge in [0.1, 0.15) is 11.6 Å². The standard InChI is InChI=1S/C15H21N5/c1-20(12-13-6-3-2-4-7-13)11-5-10-17-15-9-8-14(16)18-19-15/h2-4,6-9H,5,10-12H2,1H3,(H2,16,18)(H,17,19). The maximum absolute atomic E-state index is 5.49. The molecule has 0 aliphatic carbocycles. The van der Waals surface area contributed by atoms with Crippen LogP contribution in [0.5, 0.6) is 0 Å². The fourth-order valence-corrected chi connectivity index (χ4v) is 1.98. The fraction of sp³-hybridized carbons (Fsp3) is 0.333. The summed E-state index contributed by atoms with van der Waals surface area (Å²) in [6, 6.07) is 14.1. The second-order valence-electron chi connectivity index (χ2n) is 4.85. The van der Waals surface area contributed by atoms with Gasteiger partial charge in [0, 0.05) is 13.1 Å². The molecule has 0 spiro atoms. The van der Waals surface area contributed by atoms with E-state index in [1.165, 1.54) is 5.56 Å². The molecule has 2 rings (SSSR count). The Balaban J connectivity index is 1.64. The lowest BCUT2D eigenvalue weighted by molar-refractivity contribution is 0.325. The summed E-state index contributed by atoms with van der Waals surface area (Å²) in [4.78, 5) is 2.31. The summed E-state index contributed by atoms with van der Waals surface area (Å²) in [5, 5.41) is 11.0. The van der Waals surface area contributed by atoms with Crippen LogP contribution in [0.15, 0.2) is 42.5 Å². The highest BCUT2D eigenvalue weighted by Crippen LogP contribution is 2.04. The molecule has 5 nitrogen and oxygen atoms in total. The van der Waals surface area contributed by atoms with Crippen LogP contribution in [0, 0.1) is 0 Å². The van der Waals surface area contributed by atoms with Gasteiger partial charge in [-0.15, -0.1) is 10.2 Å². The van der Waals surface area contributed by atoms with Gasteiger partial charge in [0.2, 0.25) is 0 Å². The highest BCUT2D eigenvalue weighted by molar-refractivity contribution is 5.38. The van der Waals surface area contributed by atoms with E-state index in [0.29, 0.717) is 5.82 Å². The number of nitrogens with two attached hydrogens (primary N) is 1. The highest BCUT2D eigenvalue weighted by atomic mass is 15.2. The lowest BCUT2D eigenvalue weighted by Gasteiger charge is -2.16. The summed E-state index contributed by atoms with van der Waals surface area (Å²) in [5.41, 5.74) is 6.83. The molecule has 1 aromatic heterocycles. The first kappa shape index (κ1) is 14.3. The van der Waals surface area contributed by atoms with E-state index in [9.17, 15) is 0 Å². The molecule has 3 N–H and O–H groups in total. The lowest BCUT2D eigenvalue weighted by Crippen LogP contribution is -2.21. The second-order valence-corrected chi connectivity index (χ2v) is 4.85. The maximum atomic E-state index is 5.49. The average Bonchev–Trinajstić information content (AvgIpc) is 2.46. The zero-order chi connectivity index (χ0) is 14.2. The van der Waals surface area contributed by atoms with Gasteiger partial charge in [0.25, 0.3) is 0 Å². The van der Waals surface area contributed by atoms with E-state index in [2.05, 4.69) is 51.7 Å². The molecule has 0 unspecified atom stereocenters. The summed E-state index contributed by atoms with van der Waals surface area (Å²) in [7, 11) is 2.13. The number of nitrogens with zero attached hydrogens (tertiary/aromatic N) is 3. The first-order chi connectivity index (χ1) is 9.74. The van der Waals surface area contributed by atoms with Crippen molar-refractivity contribution in [1.82, 2.24) is 15.1 Å². The Bertz CT molecular complexity index is 497. The van der Waals surface area contributed by atoms with Crippen LogP contribution >= 0.6 is 0 Å². The zero-order valence-electron chi connectivity index (χ0n) is 11.8. The molecule has 0 saturated carbocycles. The number of aromatic nitrogens is 2. The SMILES string of the molecule is CN(CCCNc1ccc(N)nn1)Cc1ccccc1. The quantitative estimate of drug-likeness (QED) is 0.754. The molecule has 0 radical (unpaired) electrons. The number of nitrogens with one attached hydrogen (secondary N) is 1. The smallest absolute Gasteiger partial charge is 0.148 e. The topological polar surface area (TPSA) is 67.1 Å². The van der Waals surface area contributed by atoms with Crippen LogP contribution in [-0.4, -0.2) is 35.2 Å². The van der Waals surface area contributed by atoms with Crippen molar-refractivity contribution in [2.24, 2.45) is 0 Å². The van der Waals surface area contributed by atoms with E-state index in [0.717, 1.165) is 31.9 Å². The van der Waals surface area contributed by atoms with Crippen LogP contribution in [0.3, 0.4) is 0 Å². The molecule has 20 heavy (non-hydrogen) atoms. The molecule has 0 bridgehead atoms. The van der Waals surface area contributed by atoms with E-state index < -0.39 is 0 Å². The molecule has 2 aromatic rings. The lowest BCUT2D eigenvalue weighted by atomic mass is 10.2. The third kappa shape index (κ3) is 4.85. The molecule has 1 heterocycles. The third-order valence-electron chi connectivity index (χ3n) is 3.00. The Morgan fingerprint density at radius 2 is 1.90 bits per heavy atom. The second kappa shape index (κ2) is 7.45. The van der Waals surface area contributed by atoms with E-state index >= 15 is 0 Å². The Hall–Kier alpha value is -2.14. The minimum Gasteiger partial charge on any atom is -0.382 e. The molecule has 1 aromatic carbocycles. The Morgan fingerprint density at radius 1 is 1.10 bits per heavy atom. The monoisotopic (exact) mass is 271 g/mol. The first-order valence-corrected chi connectivity index (χ1v) is 6.79. The van der Waals surface area contributed by atoms with Gasteiger partial charge in [-0.1, -0.05) is 30.3 Å². The summed E-state index contributed by atoms with van der Waals surface area (Å²) in [5.74, 6) is 1.21. The highest BCUT2D eigenvalue weighted by Gasteiger charge is 2.00. The Labute approximate surface area is 119 Å². The van der Waals surface area contributed by atoms with Gasteiger partial charge in [-0.05, 0) is 37.7 Å². The van der Waals surface area contributed by atoms with E-state index in [4.69, 9.17) is 5.73 Å². The van der Waals surface area contributed by atoms with Crippen molar-refractivity contribution in [3.63, 3.8) is 0 Å². The van der Waals surface area contributed by atoms with Gasteiger partial charge in [-0.2, -0.15) is 0 Å². The molecule has 0 atom stereocenters. The maximum Gasteiger partial charge on any atom is 0.148 e. The van der Waals surface area contributed by atoms with Crippen LogP contribution in [0.25, 0.3) is 0 Å². The Morgan fingerprint density at radius 3 is 2.60 bits per heavy atom. The van der Waals surface area contributed by atoms with Crippen molar-refractivity contribution in [3.05, 3.63) is 48.0 Å². The van der Waals surface area contributed by atoms with Crippen LogP contribution < -0.4 is 11.1 Å². The minimum absolute atomic E-state index is 0.443. The zero-order valence-corrected chi connectivity index (χ0v) is 11.8. The predicted molar refractivity (Wildman–Crippen MR) is 82.3 cm³/mol. The number of benzene rings is 1. The molecular formula is C15H21N5. The molecule has 0 amide bonds. The van der Waals surface area contributed by atoms with Gasteiger partial charge in [-0.25, -0.2) is 0 Å². The number of hydrogen-bond acceptors (Lipinski definition) is 5. The molecule has 5 heteroatoms. The third-order valence-corrected chi connectivity index (χ3v) is 3.00. The normalized spacial score (nSPS) is 10.7. The molecule has 0 fully saturated rings. The van der Waals surface area contributed by atoms with Crippen LogP contribution in [-0.2, 0) is 6.54 Å². The van der Waals surface area contributed by atoms with Crippen molar-refractivity contribution in [1.29, 1.82) is 0 Å². The van der Waals surface area contributed by atoms with Crippen LogP contribution in [0.2, 0.25) is 0 Å². The van der Waals surface area contributed by atoms with Crippen molar-refractivity contribution in [2.75, 3.05) is 31.2 Å². The predicted octanol–water partition coefficient (Wildman–Crippen LogP) is 1.99. The van der Waals surface area contributed by atoms with Gasteiger partial charge in [0.05, 0.1) is 0 Å². The summed E-state index contributed by atoms with van der Waals surface area (Å²) in [6.45, 7) is 2.88. The molecule has 0 aliphatic heterocycles. The largest absolute Gasteiger partial charge is 0.382 e. The van der Waals surface area contributed by atoms with Gasteiger partial charge >= 0.3 is 0 Å². The van der Waals surface area contributed by atoms with Gasteiger partial charge < -0.3 is 16.0 Å². The van der Waals surface area contributed by atoms with Crippen molar-refractivity contribution in [2.45, 2.75) is 13.0 Å². The van der Waals surface area contributed by atoms with E-state index in [-0.39, 0.29) is 0 Å².